The van der Waals surface area contributed by atoms with Crippen molar-refractivity contribution in [3.05, 3.63) is 35.4 Å². The highest BCUT2D eigenvalue weighted by molar-refractivity contribution is 5.88. The molecule has 1 saturated carbocycles. The lowest BCUT2D eigenvalue weighted by Gasteiger charge is -2.34. The smallest absolute Gasteiger partial charge is 0.335 e. The van der Waals surface area contributed by atoms with Crippen molar-refractivity contribution in [2.75, 3.05) is 14.2 Å². The maximum atomic E-state index is 12.4. The monoisotopic (exact) mass is 305 g/mol. The number of aromatic carboxylic acids is 1. The standard InChI is InChI=1S/C17H23NO4/c1-18(14-6-8-15(22-2)9-7-14)16(19)11-12-4-3-5-13(10-12)17(20)21/h3-5,10,14-15H,6-9,11H2,1-2H3,(H,20,21). The van der Waals surface area contributed by atoms with Gasteiger partial charge in [0.25, 0.3) is 0 Å². The third-order valence-electron chi connectivity index (χ3n) is 4.45. The Balaban J connectivity index is 1.94. The maximum absolute atomic E-state index is 12.4. The Morgan fingerprint density at radius 3 is 2.55 bits per heavy atom. The summed E-state index contributed by atoms with van der Waals surface area (Å²) in [6, 6.07) is 6.82. The van der Waals surface area contributed by atoms with Crippen molar-refractivity contribution in [1.82, 2.24) is 4.90 Å². The predicted molar refractivity (Wildman–Crippen MR) is 82.9 cm³/mol. The molecule has 1 N–H and O–H groups in total. The minimum Gasteiger partial charge on any atom is -0.478 e. The molecular formula is C17H23NO4. The van der Waals surface area contributed by atoms with Crippen LogP contribution in [0.25, 0.3) is 0 Å². The fraction of sp³-hybridized carbons (Fsp3) is 0.529. The lowest BCUT2D eigenvalue weighted by molar-refractivity contribution is -0.132. The van der Waals surface area contributed by atoms with E-state index in [-0.39, 0.29) is 23.9 Å². The van der Waals surface area contributed by atoms with Crippen molar-refractivity contribution in [1.29, 1.82) is 0 Å². The molecule has 5 heteroatoms. The third kappa shape index (κ3) is 4.07. The zero-order chi connectivity index (χ0) is 16.1. The summed E-state index contributed by atoms with van der Waals surface area (Å²) in [5.74, 6) is -0.941. The lowest BCUT2D eigenvalue weighted by atomic mass is 9.92. The van der Waals surface area contributed by atoms with Gasteiger partial charge in [0.15, 0.2) is 0 Å². The Kier molecular flexibility index (Phi) is 5.55. The van der Waals surface area contributed by atoms with Crippen LogP contribution in [0.5, 0.6) is 0 Å². The molecule has 0 saturated heterocycles. The summed E-state index contributed by atoms with van der Waals surface area (Å²) in [4.78, 5) is 25.2. The summed E-state index contributed by atoms with van der Waals surface area (Å²) >= 11 is 0. The minimum atomic E-state index is -0.972. The van der Waals surface area contributed by atoms with E-state index < -0.39 is 5.97 Å². The highest BCUT2D eigenvalue weighted by Gasteiger charge is 2.26. The fourth-order valence-corrected chi connectivity index (χ4v) is 2.99. The molecule has 2 rings (SSSR count). The molecule has 0 aromatic heterocycles. The first-order valence-electron chi connectivity index (χ1n) is 7.62. The predicted octanol–water partition coefficient (Wildman–Crippen LogP) is 2.34. The summed E-state index contributed by atoms with van der Waals surface area (Å²) < 4.78 is 5.35. The van der Waals surface area contributed by atoms with E-state index in [0.717, 1.165) is 31.2 Å². The van der Waals surface area contributed by atoms with Crippen molar-refractivity contribution < 1.29 is 19.4 Å². The van der Waals surface area contributed by atoms with Crippen LogP contribution >= 0.6 is 0 Å². The minimum absolute atomic E-state index is 0.0309. The number of carbonyl (C=O) groups excluding carboxylic acids is 1. The van der Waals surface area contributed by atoms with Crippen molar-refractivity contribution in [2.45, 2.75) is 44.2 Å². The Hall–Kier alpha value is -1.88. The van der Waals surface area contributed by atoms with E-state index in [2.05, 4.69) is 0 Å². The highest BCUT2D eigenvalue weighted by atomic mass is 16.5. The molecule has 1 fully saturated rings. The highest BCUT2D eigenvalue weighted by Crippen LogP contribution is 2.24. The van der Waals surface area contributed by atoms with E-state index in [1.54, 1.807) is 30.2 Å². The second-order valence-electron chi connectivity index (χ2n) is 5.85. The molecule has 0 aliphatic heterocycles. The van der Waals surface area contributed by atoms with Gasteiger partial charge in [0.1, 0.15) is 0 Å². The Morgan fingerprint density at radius 2 is 1.95 bits per heavy atom. The number of rotatable bonds is 5. The molecule has 0 radical (unpaired) electrons. The fourth-order valence-electron chi connectivity index (χ4n) is 2.99. The Bertz CT molecular complexity index is 535. The first-order valence-corrected chi connectivity index (χ1v) is 7.62. The van der Waals surface area contributed by atoms with Crippen LogP contribution in [0.1, 0.15) is 41.6 Å². The van der Waals surface area contributed by atoms with Crippen LogP contribution in [0, 0.1) is 0 Å². The number of carbonyl (C=O) groups is 2. The van der Waals surface area contributed by atoms with Crippen molar-refractivity contribution in [3.63, 3.8) is 0 Å². The topological polar surface area (TPSA) is 66.8 Å². The molecule has 0 atom stereocenters. The molecule has 0 spiro atoms. The normalized spacial score (nSPS) is 21.4. The van der Waals surface area contributed by atoms with Crippen LogP contribution in [0.2, 0.25) is 0 Å². The molecule has 1 aliphatic carbocycles. The van der Waals surface area contributed by atoms with Crippen molar-refractivity contribution in [3.8, 4) is 0 Å². The molecule has 0 unspecified atom stereocenters. The summed E-state index contributed by atoms with van der Waals surface area (Å²) in [5.41, 5.74) is 0.955. The van der Waals surface area contributed by atoms with Crippen molar-refractivity contribution >= 4 is 11.9 Å². The summed E-state index contributed by atoms with van der Waals surface area (Å²) in [7, 11) is 3.57. The van der Waals surface area contributed by atoms with Gasteiger partial charge in [-0.3, -0.25) is 4.79 Å². The molecule has 0 heterocycles. The van der Waals surface area contributed by atoms with Gasteiger partial charge >= 0.3 is 5.97 Å². The number of benzene rings is 1. The number of methoxy groups -OCH3 is 1. The largest absolute Gasteiger partial charge is 0.478 e. The van der Waals surface area contributed by atoms with E-state index in [4.69, 9.17) is 9.84 Å². The summed E-state index contributed by atoms with van der Waals surface area (Å²) in [6.45, 7) is 0. The lowest BCUT2D eigenvalue weighted by Crippen LogP contribution is -2.41. The van der Waals surface area contributed by atoms with Gasteiger partial charge in [0, 0.05) is 20.2 Å². The van der Waals surface area contributed by atoms with Crippen LogP contribution in [-0.2, 0) is 16.0 Å². The molecule has 1 aromatic rings. The molecule has 120 valence electrons. The van der Waals surface area contributed by atoms with Crippen LogP contribution in [0.4, 0.5) is 0 Å². The van der Waals surface area contributed by atoms with Gasteiger partial charge in [-0.1, -0.05) is 12.1 Å². The van der Waals surface area contributed by atoms with Crippen LogP contribution in [-0.4, -0.2) is 48.2 Å². The van der Waals surface area contributed by atoms with Crippen LogP contribution in [0.15, 0.2) is 24.3 Å². The summed E-state index contributed by atoms with van der Waals surface area (Å²) in [5, 5.41) is 9.00. The SMILES string of the molecule is COC1CCC(N(C)C(=O)Cc2cccc(C(=O)O)c2)CC1. The van der Waals surface area contributed by atoms with Gasteiger partial charge in [-0.15, -0.1) is 0 Å². The Morgan fingerprint density at radius 1 is 1.27 bits per heavy atom. The maximum Gasteiger partial charge on any atom is 0.335 e. The molecule has 1 aromatic carbocycles. The Labute approximate surface area is 130 Å². The van der Waals surface area contributed by atoms with E-state index >= 15 is 0 Å². The van der Waals surface area contributed by atoms with Gasteiger partial charge in [-0.25, -0.2) is 4.79 Å². The molecule has 1 amide bonds. The van der Waals surface area contributed by atoms with Crippen LogP contribution < -0.4 is 0 Å². The number of hydrogen-bond donors (Lipinski definition) is 1. The second-order valence-corrected chi connectivity index (χ2v) is 5.85. The molecule has 22 heavy (non-hydrogen) atoms. The third-order valence-corrected chi connectivity index (χ3v) is 4.45. The zero-order valence-corrected chi connectivity index (χ0v) is 13.1. The number of carboxylic acid groups (broad SMARTS) is 1. The van der Waals surface area contributed by atoms with E-state index in [9.17, 15) is 9.59 Å². The number of ether oxygens (including phenoxy) is 1. The number of hydrogen-bond acceptors (Lipinski definition) is 3. The number of nitrogens with zero attached hydrogens (tertiary/aromatic N) is 1. The van der Waals surface area contributed by atoms with Crippen molar-refractivity contribution in [2.24, 2.45) is 0 Å². The van der Waals surface area contributed by atoms with E-state index in [1.165, 1.54) is 6.07 Å². The second kappa shape index (κ2) is 7.40. The molecule has 1 aliphatic rings. The average molecular weight is 305 g/mol. The van der Waals surface area contributed by atoms with E-state index in [0.29, 0.717) is 6.10 Å². The van der Waals surface area contributed by atoms with Gasteiger partial charge in [0.2, 0.25) is 5.91 Å². The number of likely N-dealkylation sites (N-methyl/N-ethyl adjacent to an activating group) is 1. The quantitative estimate of drug-likeness (QED) is 0.906. The van der Waals surface area contributed by atoms with Gasteiger partial charge in [-0.05, 0) is 43.4 Å². The van der Waals surface area contributed by atoms with E-state index in [1.807, 2.05) is 7.05 Å². The molecular weight excluding hydrogens is 282 g/mol. The molecule has 5 nitrogen and oxygen atoms in total. The number of amides is 1. The molecule has 0 bridgehead atoms. The average Bonchev–Trinajstić information content (AvgIpc) is 2.54. The first kappa shape index (κ1) is 16.5. The van der Waals surface area contributed by atoms with Gasteiger partial charge in [0.05, 0.1) is 18.1 Å². The number of carboxylic acids is 1. The summed E-state index contributed by atoms with van der Waals surface area (Å²) in [6.07, 6.45) is 4.42. The van der Waals surface area contributed by atoms with Gasteiger partial charge in [-0.2, -0.15) is 0 Å². The van der Waals surface area contributed by atoms with Gasteiger partial charge < -0.3 is 14.7 Å². The first-order chi connectivity index (χ1) is 10.5. The van der Waals surface area contributed by atoms with Crippen LogP contribution in [0.3, 0.4) is 0 Å². The zero-order valence-electron chi connectivity index (χ0n) is 13.1.